The number of aromatic nitrogens is 2. The molecule has 1 aromatic rings. The standard InChI is InChI=1S/C9H15N3O6S2/c1-6(2)19(15,16)4-3-12-5-7(20(10,17)18)8(13)11-9(12)14/h5-6H,3-4H2,1-2H3,(H2,10,17,18)(H,11,13,14). The smallest absolute Gasteiger partial charge is 0.298 e. The maximum Gasteiger partial charge on any atom is 0.328 e. The third-order valence-electron chi connectivity index (χ3n) is 2.62. The topological polar surface area (TPSA) is 149 Å². The maximum atomic E-state index is 11.6. The van der Waals surface area contributed by atoms with Gasteiger partial charge in [-0.3, -0.25) is 14.3 Å². The number of hydrogen-bond acceptors (Lipinski definition) is 6. The summed E-state index contributed by atoms with van der Waals surface area (Å²) in [6.45, 7) is 2.69. The van der Waals surface area contributed by atoms with Crippen molar-refractivity contribution in [1.29, 1.82) is 0 Å². The first-order valence-electron chi connectivity index (χ1n) is 5.53. The molecule has 0 unspecified atom stereocenters. The Kier molecular flexibility index (Phi) is 4.56. The number of nitrogens with zero attached hydrogens (tertiary/aromatic N) is 1. The number of nitrogens with one attached hydrogen (secondary N) is 1. The minimum Gasteiger partial charge on any atom is -0.298 e. The van der Waals surface area contributed by atoms with Gasteiger partial charge in [-0.2, -0.15) is 0 Å². The lowest BCUT2D eigenvalue weighted by molar-refractivity contribution is 0.574. The molecule has 11 heteroatoms. The summed E-state index contributed by atoms with van der Waals surface area (Å²) in [6, 6.07) is 0. The van der Waals surface area contributed by atoms with Gasteiger partial charge in [-0.05, 0) is 13.8 Å². The fourth-order valence-corrected chi connectivity index (χ4v) is 2.83. The average Bonchev–Trinajstić information content (AvgIpc) is 2.25. The van der Waals surface area contributed by atoms with E-state index in [1.54, 1.807) is 4.98 Å². The molecule has 0 aliphatic heterocycles. The lowest BCUT2D eigenvalue weighted by Crippen LogP contribution is -2.36. The molecule has 1 heterocycles. The quantitative estimate of drug-likeness (QED) is 0.640. The van der Waals surface area contributed by atoms with Gasteiger partial charge in [0, 0.05) is 12.7 Å². The first-order chi connectivity index (χ1) is 8.95. The van der Waals surface area contributed by atoms with Crippen LogP contribution in [0.3, 0.4) is 0 Å². The Bertz CT molecular complexity index is 816. The highest BCUT2D eigenvalue weighted by Crippen LogP contribution is 2.02. The van der Waals surface area contributed by atoms with E-state index in [0.717, 1.165) is 10.8 Å². The molecule has 0 saturated carbocycles. The van der Waals surface area contributed by atoms with E-state index in [9.17, 15) is 26.4 Å². The second kappa shape index (κ2) is 5.50. The third-order valence-corrected chi connectivity index (χ3v) is 5.71. The number of H-pyrrole nitrogens is 1. The van der Waals surface area contributed by atoms with Gasteiger partial charge in [-0.15, -0.1) is 0 Å². The molecule has 0 bridgehead atoms. The number of rotatable bonds is 5. The fraction of sp³-hybridized carbons (Fsp3) is 0.556. The van der Waals surface area contributed by atoms with Gasteiger partial charge in [0.2, 0.25) is 10.0 Å². The van der Waals surface area contributed by atoms with Crippen LogP contribution >= 0.6 is 0 Å². The summed E-state index contributed by atoms with van der Waals surface area (Å²) in [5.74, 6) is -0.360. The zero-order valence-electron chi connectivity index (χ0n) is 10.9. The van der Waals surface area contributed by atoms with Gasteiger partial charge in [-0.25, -0.2) is 26.8 Å². The van der Waals surface area contributed by atoms with Crippen molar-refractivity contribution in [2.75, 3.05) is 5.75 Å². The monoisotopic (exact) mass is 325 g/mol. The van der Waals surface area contributed by atoms with Gasteiger partial charge in [-0.1, -0.05) is 0 Å². The summed E-state index contributed by atoms with van der Waals surface area (Å²) in [6.07, 6.45) is 0.742. The Hall–Kier alpha value is -1.46. The van der Waals surface area contributed by atoms with E-state index < -0.39 is 41.3 Å². The second-order valence-electron chi connectivity index (χ2n) is 4.41. The summed E-state index contributed by atoms with van der Waals surface area (Å²) >= 11 is 0. The number of sulfone groups is 1. The maximum absolute atomic E-state index is 11.6. The van der Waals surface area contributed by atoms with E-state index in [1.807, 2.05) is 0 Å². The fourth-order valence-electron chi connectivity index (χ4n) is 1.32. The Morgan fingerprint density at radius 3 is 2.25 bits per heavy atom. The van der Waals surface area contributed by atoms with E-state index in [0.29, 0.717) is 0 Å². The van der Waals surface area contributed by atoms with Crippen LogP contribution in [0.2, 0.25) is 0 Å². The van der Waals surface area contributed by atoms with Crippen LogP contribution in [-0.2, 0) is 26.4 Å². The van der Waals surface area contributed by atoms with Crippen LogP contribution < -0.4 is 16.4 Å². The molecule has 0 atom stereocenters. The summed E-state index contributed by atoms with van der Waals surface area (Å²) in [4.78, 5) is 23.8. The van der Waals surface area contributed by atoms with Crippen LogP contribution in [0.15, 0.2) is 20.7 Å². The molecule has 0 aromatic carbocycles. The van der Waals surface area contributed by atoms with Crippen molar-refractivity contribution >= 4 is 19.9 Å². The third kappa shape index (κ3) is 3.77. The Morgan fingerprint density at radius 1 is 1.25 bits per heavy atom. The first-order valence-corrected chi connectivity index (χ1v) is 8.79. The molecule has 3 N–H and O–H groups in total. The number of primary sulfonamides is 1. The van der Waals surface area contributed by atoms with E-state index in [4.69, 9.17) is 5.14 Å². The molecule has 20 heavy (non-hydrogen) atoms. The van der Waals surface area contributed by atoms with Gasteiger partial charge >= 0.3 is 5.69 Å². The largest absolute Gasteiger partial charge is 0.328 e. The predicted molar refractivity (Wildman–Crippen MR) is 71.6 cm³/mol. The molecule has 0 aliphatic rings. The summed E-state index contributed by atoms with van der Waals surface area (Å²) < 4.78 is 46.4. The Labute approximate surface area is 115 Å². The van der Waals surface area contributed by atoms with Gasteiger partial charge in [0.1, 0.15) is 0 Å². The Morgan fingerprint density at radius 2 is 1.80 bits per heavy atom. The number of nitrogens with two attached hydrogens (primary N) is 1. The van der Waals surface area contributed by atoms with Crippen LogP contribution in [-0.4, -0.2) is 37.4 Å². The number of aryl methyl sites for hydroxylation is 1. The van der Waals surface area contributed by atoms with E-state index in [1.165, 1.54) is 13.8 Å². The lowest BCUT2D eigenvalue weighted by Gasteiger charge is -2.09. The highest BCUT2D eigenvalue weighted by molar-refractivity contribution is 7.91. The van der Waals surface area contributed by atoms with Crippen molar-refractivity contribution in [3.05, 3.63) is 27.0 Å². The molecule has 0 saturated heterocycles. The van der Waals surface area contributed by atoms with Crippen molar-refractivity contribution in [3.63, 3.8) is 0 Å². The molecule has 0 aliphatic carbocycles. The first kappa shape index (κ1) is 16.6. The van der Waals surface area contributed by atoms with Gasteiger partial charge in [0.05, 0.1) is 11.0 Å². The minimum absolute atomic E-state index is 0.279. The number of sulfonamides is 1. The van der Waals surface area contributed by atoms with Crippen molar-refractivity contribution < 1.29 is 16.8 Å². The number of aromatic amines is 1. The van der Waals surface area contributed by atoms with Crippen molar-refractivity contribution in [1.82, 2.24) is 9.55 Å². The van der Waals surface area contributed by atoms with Gasteiger partial charge in [0.25, 0.3) is 5.56 Å². The zero-order valence-corrected chi connectivity index (χ0v) is 12.5. The van der Waals surface area contributed by atoms with Crippen LogP contribution in [0.5, 0.6) is 0 Å². The van der Waals surface area contributed by atoms with Crippen LogP contribution in [0.4, 0.5) is 0 Å². The van der Waals surface area contributed by atoms with Gasteiger partial charge < -0.3 is 0 Å². The SMILES string of the molecule is CC(C)S(=O)(=O)CCn1cc(S(N)(=O)=O)c(=O)[nH]c1=O. The molecular formula is C9H15N3O6S2. The van der Waals surface area contributed by atoms with Gasteiger partial charge in [0.15, 0.2) is 14.7 Å². The van der Waals surface area contributed by atoms with Crippen LogP contribution in [0.25, 0.3) is 0 Å². The summed E-state index contributed by atoms with van der Waals surface area (Å²) in [5, 5.41) is 4.20. The molecule has 1 rings (SSSR count). The molecular weight excluding hydrogens is 310 g/mol. The van der Waals surface area contributed by atoms with Crippen LogP contribution in [0, 0.1) is 0 Å². The minimum atomic E-state index is -4.30. The molecule has 114 valence electrons. The summed E-state index contributed by atoms with van der Waals surface area (Å²) in [7, 11) is -7.70. The zero-order chi connectivity index (χ0) is 15.7. The van der Waals surface area contributed by atoms with E-state index in [2.05, 4.69) is 0 Å². The lowest BCUT2D eigenvalue weighted by atomic mass is 10.6. The highest BCUT2D eigenvalue weighted by Gasteiger charge is 2.19. The van der Waals surface area contributed by atoms with Crippen molar-refractivity contribution in [2.24, 2.45) is 5.14 Å². The van der Waals surface area contributed by atoms with Crippen LogP contribution in [0.1, 0.15) is 13.8 Å². The summed E-state index contributed by atoms with van der Waals surface area (Å²) in [5.41, 5.74) is -2.04. The average molecular weight is 325 g/mol. The van der Waals surface area contributed by atoms with E-state index in [-0.39, 0.29) is 12.3 Å². The van der Waals surface area contributed by atoms with Crippen molar-refractivity contribution in [2.45, 2.75) is 30.5 Å². The molecule has 0 fully saturated rings. The second-order valence-corrected chi connectivity index (χ2v) is 8.61. The Balaban J connectivity index is 3.22. The molecule has 1 aromatic heterocycles. The molecule has 0 spiro atoms. The highest BCUT2D eigenvalue weighted by atomic mass is 32.2. The normalized spacial score (nSPS) is 12.8. The molecule has 0 radical (unpaired) electrons. The van der Waals surface area contributed by atoms with Crippen molar-refractivity contribution in [3.8, 4) is 0 Å². The number of hydrogen-bond donors (Lipinski definition) is 2. The molecule has 0 amide bonds. The van der Waals surface area contributed by atoms with E-state index >= 15 is 0 Å². The predicted octanol–water partition coefficient (Wildman–Crippen LogP) is -1.99. The molecule has 9 nitrogen and oxygen atoms in total.